The zero-order chi connectivity index (χ0) is 28.0. The second-order valence-corrected chi connectivity index (χ2v) is 11.1. The van der Waals surface area contributed by atoms with Crippen molar-refractivity contribution in [1.29, 1.82) is 0 Å². The van der Waals surface area contributed by atoms with Gasteiger partial charge in [0.25, 0.3) is 0 Å². The summed E-state index contributed by atoms with van der Waals surface area (Å²) in [5.74, 6) is -0.299. The van der Waals surface area contributed by atoms with Crippen molar-refractivity contribution in [2.75, 3.05) is 10.6 Å². The topological polar surface area (TPSA) is 102 Å². The number of carbonyl (C=O) groups is 2. The van der Waals surface area contributed by atoms with Gasteiger partial charge < -0.3 is 15.1 Å². The minimum atomic E-state index is -4.73. The first-order valence-electron chi connectivity index (χ1n) is 13.1. The molecule has 1 saturated carbocycles. The molecular formula is C28H26F3N5O3S. The number of aromatic nitrogens is 3. The fraction of sp³-hybridized carbons (Fsp3) is 0.357. The molecule has 0 bridgehead atoms. The van der Waals surface area contributed by atoms with Crippen LogP contribution in [0.2, 0.25) is 0 Å². The van der Waals surface area contributed by atoms with E-state index in [-0.39, 0.29) is 29.1 Å². The predicted octanol–water partition coefficient (Wildman–Crippen LogP) is 6.85. The Hall–Kier alpha value is -3.93. The van der Waals surface area contributed by atoms with Crippen molar-refractivity contribution in [3.8, 4) is 27.7 Å². The number of amides is 2. The van der Waals surface area contributed by atoms with Crippen LogP contribution < -0.4 is 10.6 Å². The van der Waals surface area contributed by atoms with E-state index in [2.05, 4.69) is 20.7 Å². The molecule has 12 heteroatoms. The third-order valence-electron chi connectivity index (χ3n) is 7.32. The van der Waals surface area contributed by atoms with E-state index in [1.54, 1.807) is 12.1 Å². The van der Waals surface area contributed by atoms with E-state index in [0.29, 0.717) is 45.7 Å². The highest BCUT2D eigenvalue weighted by molar-refractivity contribution is 7.19. The summed E-state index contributed by atoms with van der Waals surface area (Å²) in [6, 6.07) is 7.19. The molecule has 2 aliphatic carbocycles. The molecule has 1 aromatic carbocycles. The molecule has 0 spiro atoms. The highest BCUT2D eigenvalue weighted by atomic mass is 32.1. The normalized spacial score (nSPS) is 15.4. The van der Waals surface area contributed by atoms with E-state index in [9.17, 15) is 22.8 Å². The van der Waals surface area contributed by atoms with Gasteiger partial charge in [-0.25, -0.2) is 9.67 Å². The molecule has 2 N–H and O–H groups in total. The number of anilines is 2. The molecule has 4 aromatic rings. The van der Waals surface area contributed by atoms with Crippen molar-refractivity contribution in [3.05, 3.63) is 53.4 Å². The largest absolute Gasteiger partial charge is 0.463 e. The van der Waals surface area contributed by atoms with Crippen LogP contribution in [0, 0.1) is 5.92 Å². The van der Waals surface area contributed by atoms with Crippen LogP contribution >= 0.6 is 11.3 Å². The molecular weight excluding hydrogens is 543 g/mol. The molecule has 40 heavy (non-hydrogen) atoms. The lowest BCUT2D eigenvalue weighted by Crippen LogP contribution is -2.25. The van der Waals surface area contributed by atoms with Crippen molar-refractivity contribution >= 4 is 34.0 Å². The van der Waals surface area contributed by atoms with Crippen molar-refractivity contribution in [2.45, 2.75) is 58.0 Å². The van der Waals surface area contributed by atoms with Crippen LogP contribution in [0.4, 0.5) is 24.0 Å². The fourth-order valence-electron chi connectivity index (χ4n) is 5.49. The number of nitrogens with one attached hydrogen (secondary N) is 2. The number of rotatable bonds is 5. The smallest absolute Gasteiger partial charge is 0.418 e. The predicted molar refractivity (Wildman–Crippen MR) is 144 cm³/mol. The first kappa shape index (κ1) is 26.3. The zero-order valence-corrected chi connectivity index (χ0v) is 22.4. The summed E-state index contributed by atoms with van der Waals surface area (Å²) in [5.41, 5.74) is 1.32. The second kappa shape index (κ2) is 10.2. The molecule has 3 heterocycles. The van der Waals surface area contributed by atoms with Gasteiger partial charge in [0.05, 0.1) is 33.8 Å². The Bertz CT molecular complexity index is 1580. The summed E-state index contributed by atoms with van der Waals surface area (Å²) in [4.78, 5) is 29.6. The molecule has 3 aromatic heterocycles. The molecule has 2 aliphatic rings. The van der Waals surface area contributed by atoms with Gasteiger partial charge in [0.1, 0.15) is 5.69 Å². The summed E-state index contributed by atoms with van der Waals surface area (Å²) in [5, 5.41) is 10.4. The van der Waals surface area contributed by atoms with Crippen molar-refractivity contribution in [1.82, 2.24) is 14.8 Å². The van der Waals surface area contributed by atoms with E-state index in [1.807, 2.05) is 0 Å². The molecule has 8 nitrogen and oxygen atoms in total. The third kappa shape index (κ3) is 4.91. The van der Waals surface area contributed by atoms with Crippen LogP contribution in [-0.2, 0) is 28.6 Å². The van der Waals surface area contributed by atoms with Gasteiger partial charge in [-0.15, -0.1) is 0 Å². The highest BCUT2D eigenvalue weighted by Gasteiger charge is 2.38. The van der Waals surface area contributed by atoms with Crippen LogP contribution in [0.5, 0.6) is 0 Å². The lowest BCUT2D eigenvalue weighted by Gasteiger charge is -2.22. The van der Waals surface area contributed by atoms with Gasteiger partial charge >= 0.3 is 6.18 Å². The Morgan fingerprint density at radius 2 is 1.90 bits per heavy atom. The number of nitrogens with zero attached hydrogens (tertiary/aromatic N) is 3. The van der Waals surface area contributed by atoms with E-state index in [1.165, 1.54) is 41.3 Å². The second-order valence-electron chi connectivity index (χ2n) is 10.1. The molecule has 0 radical (unpaired) electrons. The van der Waals surface area contributed by atoms with Gasteiger partial charge in [-0.3, -0.25) is 9.59 Å². The van der Waals surface area contributed by atoms with E-state index < -0.39 is 11.7 Å². The Balaban J connectivity index is 1.47. The Kier molecular flexibility index (Phi) is 6.73. The number of hydrogen-bond acceptors (Lipinski definition) is 6. The maximum absolute atomic E-state index is 14.5. The number of aryl methyl sites for hydroxylation is 1. The summed E-state index contributed by atoms with van der Waals surface area (Å²) in [6.07, 6.45) is 2.21. The Labute approximate surface area is 231 Å². The lowest BCUT2D eigenvalue weighted by atomic mass is 9.88. The number of carbonyl (C=O) groups excluding carboxylic acids is 2. The highest BCUT2D eigenvalue weighted by Crippen LogP contribution is 2.46. The SMILES string of the molecule is CC(=O)Nc1nc2c(s1)-c1c(c(-c3ccco3)nn1-c1ccc(NC(=O)C3CCCCC3)cc1C(F)(F)F)CC2. The molecule has 0 saturated heterocycles. The minimum Gasteiger partial charge on any atom is -0.463 e. The van der Waals surface area contributed by atoms with Crippen molar-refractivity contribution in [2.24, 2.45) is 5.92 Å². The van der Waals surface area contributed by atoms with Gasteiger partial charge in [0, 0.05) is 24.1 Å². The Morgan fingerprint density at radius 1 is 1.10 bits per heavy atom. The summed E-state index contributed by atoms with van der Waals surface area (Å²) >= 11 is 1.19. The van der Waals surface area contributed by atoms with E-state index >= 15 is 0 Å². The van der Waals surface area contributed by atoms with Gasteiger partial charge in [0.2, 0.25) is 11.8 Å². The van der Waals surface area contributed by atoms with Crippen LogP contribution in [0.25, 0.3) is 27.7 Å². The lowest BCUT2D eigenvalue weighted by molar-refractivity contribution is -0.137. The number of halogens is 3. The van der Waals surface area contributed by atoms with Gasteiger partial charge in [-0.05, 0) is 56.0 Å². The van der Waals surface area contributed by atoms with Gasteiger partial charge in [-0.2, -0.15) is 18.3 Å². The van der Waals surface area contributed by atoms with Crippen LogP contribution in [0.1, 0.15) is 55.8 Å². The fourth-order valence-corrected chi connectivity index (χ4v) is 6.61. The summed E-state index contributed by atoms with van der Waals surface area (Å²) in [6.45, 7) is 1.37. The average molecular weight is 570 g/mol. The average Bonchev–Trinajstić information content (AvgIpc) is 3.66. The summed E-state index contributed by atoms with van der Waals surface area (Å²) < 4.78 is 50.5. The van der Waals surface area contributed by atoms with Gasteiger partial charge in [0.15, 0.2) is 10.9 Å². The zero-order valence-electron chi connectivity index (χ0n) is 21.6. The number of fused-ring (bicyclic) bond motifs is 3. The first-order valence-corrected chi connectivity index (χ1v) is 14.0. The quantitative estimate of drug-likeness (QED) is 0.274. The van der Waals surface area contributed by atoms with Gasteiger partial charge in [-0.1, -0.05) is 30.6 Å². The maximum atomic E-state index is 14.5. The van der Waals surface area contributed by atoms with Crippen LogP contribution in [0.3, 0.4) is 0 Å². The number of furan rings is 1. The molecule has 2 amide bonds. The number of alkyl halides is 3. The number of thiazole rings is 1. The monoisotopic (exact) mass is 569 g/mol. The molecule has 0 atom stereocenters. The molecule has 208 valence electrons. The number of benzene rings is 1. The molecule has 1 fully saturated rings. The first-order chi connectivity index (χ1) is 19.2. The number of hydrogen-bond donors (Lipinski definition) is 2. The summed E-state index contributed by atoms with van der Waals surface area (Å²) in [7, 11) is 0. The standard InChI is InChI=1S/C28H26F3N5O3S/c1-15(37)32-27-34-20-11-10-18-23(22-8-5-13-39-22)35-36(24(18)25(20)40-27)21-12-9-17(14-19(21)28(29,30)31)33-26(38)16-6-3-2-4-7-16/h5,8-9,12-14,16H,2-4,6-7,10-11H2,1H3,(H,33,38)(H,32,34,37). The molecule has 0 aliphatic heterocycles. The molecule has 6 rings (SSSR count). The van der Waals surface area contributed by atoms with E-state index in [4.69, 9.17) is 4.42 Å². The van der Waals surface area contributed by atoms with Crippen molar-refractivity contribution < 1.29 is 27.2 Å². The van der Waals surface area contributed by atoms with E-state index in [0.717, 1.165) is 43.7 Å². The Morgan fingerprint density at radius 3 is 2.60 bits per heavy atom. The van der Waals surface area contributed by atoms with Crippen molar-refractivity contribution in [3.63, 3.8) is 0 Å². The minimum absolute atomic E-state index is 0.0883. The third-order valence-corrected chi connectivity index (χ3v) is 8.34. The van der Waals surface area contributed by atoms with Crippen LogP contribution in [-0.4, -0.2) is 26.6 Å². The molecule has 0 unspecified atom stereocenters. The maximum Gasteiger partial charge on any atom is 0.418 e. The van der Waals surface area contributed by atoms with Crippen LogP contribution in [0.15, 0.2) is 41.0 Å².